The number of benzene rings is 1. The highest BCUT2D eigenvalue weighted by Gasteiger charge is 2.24. The van der Waals surface area contributed by atoms with Crippen molar-refractivity contribution in [3.63, 3.8) is 0 Å². The number of nitrogens with two attached hydrogens (primary N) is 1. The van der Waals surface area contributed by atoms with Crippen LogP contribution in [0.15, 0.2) is 48.7 Å². The zero-order chi connectivity index (χ0) is 18.0. The average Bonchev–Trinajstić information content (AvgIpc) is 2.88. The number of rotatable bonds is 5. The number of amides is 1. The Labute approximate surface area is 146 Å². The summed E-state index contributed by atoms with van der Waals surface area (Å²) >= 11 is 0. The van der Waals surface area contributed by atoms with Gasteiger partial charge in [-0.2, -0.15) is 0 Å². The zero-order valence-electron chi connectivity index (χ0n) is 14.3. The third-order valence-corrected chi connectivity index (χ3v) is 4.37. The summed E-state index contributed by atoms with van der Waals surface area (Å²) in [5.74, 6) is -0.851. The van der Waals surface area contributed by atoms with E-state index in [1.807, 2.05) is 36.6 Å². The van der Waals surface area contributed by atoms with Gasteiger partial charge in [-0.05, 0) is 43.2 Å². The van der Waals surface area contributed by atoms with Crippen LogP contribution in [-0.2, 0) is 13.0 Å². The molecule has 0 atom stereocenters. The van der Waals surface area contributed by atoms with Crippen molar-refractivity contribution in [2.45, 2.75) is 26.8 Å². The van der Waals surface area contributed by atoms with E-state index in [2.05, 4.69) is 4.98 Å². The Morgan fingerprint density at radius 2 is 2.04 bits per heavy atom. The van der Waals surface area contributed by atoms with E-state index in [4.69, 9.17) is 5.73 Å². The van der Waals surface area contributed by atoms with Crippen LogP contribution in [0, 0.1) is 12.7 Å². The third kappa shape index (κ3) is 3.18. The Kier molecular flexibility index (Phi) is 4.65. The molecule has 0 aliphatic rings. The van der Waals surface area contributed by atoms with Crippen molar-refractivity contribution < 1.29 is 9.18 Å². The Hall–Kier alpha value is -2.95. The molecule has 0 aliphatic heterocycles. The number of halogens is 1. The van der Waals surface area contributed by atoms with Crippen LogP contribution in [-0.4, -0.2) is 15.5 Å². The molecule has 128 valence electrons. The van der Waals surface area contributed by atoms with E-state index in [1.54, 1.807) is 18.3 Å². The van der Waals surface area contributed by atoms with Gasteiger partial charge in [0, 0.05) is 23.1 Å². The Bertz CT molecular complexity index is 916. The van der Waals surface area contributed by atoms with Gasteiger partial charge in [0.1, 0.15) is 5.82 Å². The third-order valence-electron chi connectivity index (χ3n) is 4.37. The summed E-state index contributed by atoms with van der Waals surface area (Å²) in [5.41, 5.74) is 10.1. The minimum atomic E-state index is -0.508. The van der Waals surface area contributed by atoms with Crippen LogP contribution in [0.2, 0.25) is 0 Å². The van der Waals surface area contributed by atoms with E-state index in [9.17, 15) is 9.18 Å². The fraction of sp³-hybridized carbons (Fsp3) is 0.200. The molecule has 0 spiro atoms. The molecule has 4 nitrogen and oxygen atoms in total. The van der Waals surface area contributed by atoms with Gasteiger partial charge in [0.2, 0.25) is 0 Å². The molecule has 0 aliphatic carbocycles. The van der Waals surface area contributed by atoms with Gasteiger partial charge < -0.3 is 10.3 Å². The highest BCUT2D eigenvalue weighted by Crippen LogP contribution is 2.33. The zero-order valence-corrected chi connectivity index (χ0v) is 14.3. The molecule has 2 heterocycles. The molecule has 25 heavy (non-hydrogen) atoms. The largest absolute Gasteiger partial charge is 0.366 e. The molecule has 1 aromatic carbocycles. The summed E-state index contributed by atoms with van der Waals surface area (Å²) in [6.07, 6.45) is 2.43. The molecular formula is C20H20FN3O. The predicted molar refractivity (Wildman–Crippen MR) is 95.8 cm³/mol. The Balaban J connectivity index is 2.23. The topological polar surface area (TPSA) is 60.9 Å². The summed E-state index contributed by atoms with van der Waals surface area (Å²) in [7, 11) is 0. The number of pyridine rings is 1. The summed E-state index contributed by atoms with van der Waals surface area (Å²) in [4.78, 5) is 16.5. The number of hydrogen-bond acceptors (Lipinski definition) is 2. The minimum Gasteiger partial charge on any atom is -0.366 e. The average molecular weight is 337 g/mol. The number of hydrogen-bond donors (Lipinski definition) is 1. The van der Waals surface area contributed by atoms with Crippen molar-refractivity contribution >= 4 is 5.91 Å². The lowest BCUT2D eigenvalue weighted by atomic mass is 9.99. The maximum atomic E-state index is 13.7. The van der Waals surface area contributed by atoms with Gasteiger partial charge in [-0.15, -0.1) is 0 Å². The molecule has 2 aromatic heterocycles. The highest BCUT2D eigenvalue weighted by atomic mass is 19.1. The predicted octanol–water partition coefficient (Wildman–Crippen LogP) is 3.71. The van der Waals surface area contributed by atoms with Gasteiger partial charge in [0.15, 0.2) is 0 Å². The molecule has 0 saturated carbocycles. The number of primary amides is 1. The van der Waals surface area contributed by atoms with Gasteiger partial charge >= 0.3 is 0 Å². The quantitative estimate of drug-likeness (QED) is 0.771. The number of aromatic nitrogens is 2. The van der Waals surface area contributed by atoms with Crippen LogP contribution in [0.1, 0.15) is 34.4 Å². The van der Waals surface area contributed by atoms with E-state index in [0.717, 1.165) is 17.1 Å². The van der Waals surface area contributed by atoms with Crippen LogP contribution in [0.4, 0.5) is 4.39 Å². The number of carbonyl (C=O) groups excluding carboxylic acids is 1. The van der Waals surface area contributed by atoms with E-state index in [-0.39, 0.29) is 5.82 Å². The molecule has 0 radical (unpaired) electrons. The minimum absolute atomic E-state index is 0.342. The maximum Gasteiger partial charge on any atom is 0.251 e. The lowest BCUT2D eigenvalue weighted by molar-refractivity contribution is 0.1000. The summed E-state index contributed by atoms with van der Waals surface area (Å²) in [6, 6.07) is 12.0. The maximum absolute atomic E-state index is 13.7. The van der Waals surface area contributed by atoms with Crippen molar-refractivity contribution in [3.05, 3.63) is 77.1 Å². The van der Waals surface area contributed by atoms with Gasteiger partial charge in [-0.25, -0.2) is 4.39 Å². The van der Waals surface area contributed by atoms with Gasteiger partial charge in [-0.3, -0.25) is 9.78 Å². The summed E-state index contributed by atoms with van der Waals surface area (Å²) < 4.78 is 15.8. The van der Waals surface area contributed by atoms with Gasteiger partial charge in [0.05, 0.1) is 17.8 Å². The molecule has 0 fully saturated rings. The molecule has 0 unspecified atom stereocenters. The lowest BCUT2D eigenvalue weighted by Crippen LogP contribution is -2.14. The molecule has 1 amide bonds. The molecule has 3 rings (SSSR count). The normalized spacial score (nSPS) is 10.8. The molecule has 2 N–H and O–H groups in total. The lowest BCUT2D eigenvalue weighted by Gasteiger charge is -2.11. The standard InChI is InChI=1S/C20H20FN3O/c1-3-17-19(14-7-6-8-15(21)11-14)18(20(22)25)13(2)24(17)12-16-9-4-5-10-23-16/h4-11H,3,12H2,1-2H3,(H2,22,25). The van der Waals surface area contributed by atoms with Crippen molar-refractivity contribution in [3.8, 4) is 11.1 Å². The van der Waals surface area contributed by atoms with E-state index >= 15 is 0 Å². The first kappa shape index (κ1) is 16.9. The molecule has 0 bridgehead atoms. The Morgan fingerprint density at radius 1 is 1.24 bits per heavy atom. The molecule has 0 saturated heterocycles. The van der Waals surface area contributed by atoms with Crippen LogP contribution < -0.4 is 5.73 Å². The monoisotopic (exact) mass is 337 g/mol. The molecule has 3 aromatic rings. The second kappa shape index (κ2) is 6.89. The van der Waals surface area contributed by atoms with E-state index in [0.29, 0.717) is 29.7 Å². The fourth-order valence-corrected chi connectivity index (χ4v) is 3.29. The first-order valence-electron chi connectivity index (χ1n) is 8.20. The second-order valence-electron chi connectivity index (χ2n) is 5.92. The van der Waals surface area contributed by atoms with Crippen molar-refractivity contribution in [2.24, 2.45) is 5.73 Å². The first-order valence-corrected chi connectivity index (χ1v) is 8.20. The van der Waals surface area contributed by atoms with Crippen LogP contribution >= 0.6 is 0 Å². The van der Waals surface area contributed by atoms with Crippen molar-refractivity contribution in [1.82, 2.24) is 9.55 Å². The second-order valence-corrected chi connectivity index (χ2v) is 5.92. The highest BCUT2D eigenvalue weighted by molar-refractivity contribution is 6.02. The van der Waals surface area contributed by atoms with E-state index in [1.165, 1.54) is 12.1 Å². The van der Waals surface area contributed by atoms with Crippen LogP contribution in [0.25, 0.3) is 11.1 Å². The van der Waals surface area contributed by atoms with Gasteiger partial charge in [-0.1, -0.05) is 25.1 Å². The van der Waals surface area contributed by atoms with Crippen LogP contribution in [0.5, 0.6) is 0 Å². The summed E-state index contributed by atoms with van der Waals surface area (Å²) in [5, 5.41) is 0. The summed E-state index contributed by atoms with van der Waals surface area (Å²) in [6.45, 7) is 4.41. The van der Waals surface area contributed by atoms with Crippen molar-refractivity contribution in [1.29, 1.82) is 0 Å². The SMILES string of the molecule is CCc1c(-c2cccc(F)c2)c(C(N)=O)c(C)n1Cc1ccccn1. The van der Waals surface area contributed by atoms with Crippen molar-refractivity contribution in [2.75, 3.05) is 0 Å². The molecule has 5 heteroatoms. The smallest absolute Gasteiger partial charge is 0.251 e. The van der Waals surface area contributed by atoms with Crippen LogP contribution in [0.3, 0.4) is 0 Å². The Morgan fingerprint density at radius 3 is 2.64 bits per heavy atom. The van der Waals surface area contributed by atoms with Gasteiger partial charge in [0.25, 0.3) is 5.91 Å². The number of nitrogens with zero attached hydrogens (tertiary/aromatic N) is 2. The van der Waals surface area contributed by atoms with E-state index < -0.39 is 5.91 Å². The number of carbonyl (C=O) groups is 1. The fourth-order valence-electron chi connectivity index (χ4n) is 3.29. The first-order chi connectivity index (χ1) is 12.0. The molecular weight excluding hydrogens is 317 g/mol.